The van der Waals surface area contributed by atoms with Gasteiger partial charge in [0.25, 0.3) is 0 Å². The molecule has 2 amide bonds. The second kappa shape index (κ2) is 6.32. The predicted octanol–water partition coefficient (Wildman–Crippen LogP) is 2.73. The molecule has 1 aliphatic heterocycles. The van der Waals surface area contributed by atoms with Crippen LogP contribution in [0, 0.1) is 12.8 Å². The first-order valence-corrected chi connectivity index (χ1v) is 8.16. The average molecular weight is 314 g/mol. The first kappa shape index (κ1) is 14.8. The van der Waals surface area contributed by atoms with Gasteiger partial charge < -0.3 is 10.2 Å². The van der Waals surface area contributed by atoms with Crippen LogP contribution >= 0.6 is 11.3 Å². The van der Waals surface area contributed by atoms with E-state index >= 15 is 0 Å². The molecule has 1 aliphatic rings. The lowest BCUT2D eigenvalue weighted by molar-refractivity contribution is -0.132. The SMILES string of the molecule is Cc1ccc(CNC(=O)C2CCN(c3ccccc3)C2=O)s1. The molecule has 1 atom stereocenters. The van der Waals surface area contributed by atoms with E-state index in [-0.39, 0.29) is 11.8 Å². The molecule has 0 radical (unpaired) electrons. The van der Waals surface area contributed by atoms with Crippen LogP contribution in [0.4, 0.5) is 5.69 Å². The number of hydrogen-bond donors (Lipinski definition) is 1. The highest BCUT2D eigenvalue weighted by Gasteiger charge is 2.37. The maximum absolute atomic E-state index is 12.4. The Labute approximate surface area is 133 Å². The molecule has 5 heteroatoms. The van der Waals surface area contributed by atoms with Crippen molar-refractivity contribution in [2.45, 2.75) is 19.9 Å². The highest BCUT2D eigenvalue weighted by molar-refractivity contribution is 7.11. The lowest BCUT2D eigenvalue weighted by Gasteiger charge is -2.16. The number of carbonyl (C=O) groups excluding carboxylic acids is 2. The van der Waals surface area contributed by atoms with Gasteiger partial charge in [-0.3, -0.25) is 9.59 Å². The van der Waals surface area contributed by atoms with Crippen LogP contribution in [0.2, 0.25) is 0 Å². The van der Waals surface area contributed by atoms with Gasteiger partial charge >= 0.3 is 0 Å². The lowest BCUT2D eigenvalue weighted by Crippen LogP contribution is -2.36. The second-order valence-corrected chi connectivity index (χ2v) is 6.77. The van der Waals surface area contributed by atoms with Gasteiger partial charge in [0.1, 0.15) is 5.92 Å². The zero-order valence-corrected chi connectivity index (χ0v) is 13.2. The molecule has 0 aliphatic carbocycles. The summed E-state index contributed by atoms with van der Waals surface area (Å²) in [6.45, 7) is 3.12. The van der Waals surface area contributed by atoms with E-state index in [1.807, 2.05) is 49.4 Å². The summed E-state index contributed by atoms with van der Waals surface area (Å²) in [7, 11) is 0. The summed E-state index contributed by atoms with van der Waals surface area (Å²) >= 11 is 1.66. The Morgan fingerprint density at radius 2 is 2.05 bits per heavy atom. The second-order valence-electron chi connectivity index (χ2n) is 5.40. The third-order valence-electron chi connectivity index (χ3n) is 3.82. The van der Waals surface area contributed by atoms with Gasteiger partial charge in [0, 0.05) is 22.0 Å². The number of thiophene rings is 1. The van der Waals surface area contributed by atoms with Gasteiger partial charge in [-0.15, -0.1) is 11.3 Å². The van der Waals surface area contributed by atoms with Crippen molar-refractivity contribution in [2.24, 2.45) is 5.92 Å². The Morgan fingerprint density at radius 1 is 1.27 bits per heavy atom. The van der Waals surface area contributed by atoms with Crippen LogP contribution in [0.5, 0.6) is 0 Å². The van der Waals surface area contributed by atoms with Crippen LogP contribution in [0.3, 0.4) is 0 Å². The average Bonchev–Trinajstić information content (AvgIpc) is 3.12. The fourth-order valence-electron chi connectivity index (χ4n) is 2.67. The number of nitrogens with one attached hydrogen (secondary N) is 1. The number of para-hydroxylation sites is 1. The van der Waals surface area contributed by atoms with Gasteiger partial charge in [-0.1, -0.05) is 18.2 Å². The van der Waals surface area contributed by atoms with Crippen LogP contribution in [0.1, 0.15) is 16.2 Å². The molecular formula is C17H18N2O2S. The molecule has 22 heavy (non-hydrogen) atoms. The zero-order valence-electron chi connectivity index (χ0n) is 12.4. The molecule has 1 aromatic heterocycles. The maximum Gasteiger partial charge on any atom is 0.239 e. The first-order chi connectivity index (χ1) is 10.6. The Hall–Kier alpha value is -2.14. The minimum Gasteiger partial charge on any atom is -0.351 e. The lowest BCUT2D eigenvalue weighted by atomic mass is 10.1. The van der Waals surface area contributed by atoms with Gasteiger partial charge in [-0.25, -0.2) is 0 Å². The Bertz CT molecular complexity index is 681. The highest BCUT2D eigenvalue weighted by atomic mass is 32.1. The number of anilines is 1. The summed E-state index contributed by atoms with van der Waals surface area (Å²) in [5.41, 5.74) is 0.858. The number of rotatable bonds is 4. The topological polar surface area (TPSA) is 49.4 Å². The summed E-state index contributed by atoms with van der Waals surface area (Å²) < 4.78 is 0. The predicted molar refractivity (Wildman–Crippen MR) is 87.8 cm³/mol. The van der Waals surface area contributed by atoms with E-state index in [9.17, 15) is 9.59 Å². The number of carbonyl (C=O) groups is 2. The van der Waals surface area contributed by atoms with Gasteiger partial charge in [-0.2, -0.15) is 0 Å². The molecule has 1 saturated heterocycles. The van der Waals surface area contributed by atoms with Crippen LogP contribution in [0.25, 0.3) is 0 Å². The van der Waals surface area contributed by atoms with Crippen molar-refractivity contribution in [3.8, 4) is 0 Å². The van der Waals surface area contributed by atoms with Crippen LogP contribution in [0.15, 0.2) is 42.5 Å². The van der Waals surface area contributed by atoms with Crippen LogP contribution in [-0.2, 0) is 16.1 Å². The molecule has 0 saturated carbocycles. The van der Waals surface area contributed by atoms with E-state index in [0.717, 1.165) is 10.6 Å². The minimum atomic E-state index is -0.568. The Balaban J connectivity index is 1.61. The molecule has 3 rings (SSSR count). The highest BCUT2D eigenvalue weighted by Crippen LogP contribution is 2.25. The minimum absolute atomic E-state index is 0.105. The monoisotopic (exact) mass is 314 g/mol. The molecule has 4 nitrogen and oxygen atoms in total. The van der Waals surface area contributed by atoms with Crippen LogP contribution in [-0.4, -0.2) is 18.4 Å². The normalized spacial score (nSPS) is 17.8. The molecule has 1 N–H and O–H groups in total. The van der Waals surface area contributed by atoms with E-state index in [2.05, 4.69) is 5.32 Å². The Kier molecular flexibility index (Phi) is 4.24. The van der Waals surface area contributed by atoms with Crippen molar-refractivity contribution in [3.63, 3.8) is 0 Å². The van der Waals surface area contributed by atoms with E-state index in [4.69, 9.17) is 0 Å². The molecule has 1 fully saturated rings. The van der Waals surface area contributed by atoms with Crippen molar-refractivity contribution in [1.82, 2.24) is 5.32 Å². The summed E-state index contributed by atoms with van der Waals surface area (Å²) in [4.78, 5) is 28.7. The number of amides is 2. The van der Waals surface area contributed by atoms with Crippen molar-refractivity contribution >= 4 is 28.8 Å². The zero-order chi connectivity index (χ0) is 15.5. The van der Waals surface area contributed by atoms with Crippen molar-refractivity contribution < 1.29 is 9.59 Å². The summed E-state index contributed by atoms with van der Waals surface area (Å²) in [5, 5.41) is 2.88. The Morgan fingerprint density at radius 3 is 2.73 bits per heavy atom. The van der Waals surface area contributed by atoms with Crippen molar-refractivity contribution in [2.75, 3.05) is 11.4 Å². The summed E-state index contributed by atoms with van der Waals surface area (Å²) in [5.74, 6) is -0.846. The number of hydrogen-bond acceptors (Lipinski definition) is 3. The molecule has 2 heterocycles. The number of nitrogens with zero attached hydrogens (tertiary/aromatic N) is 1. The molecule has 114 valence electrons. The third-order valence-corrected chi connectivity index (χ3v) is 4.82. The fourth-order valence-corrected chi connectivity index (χ4v) is 3.50. The molecule has 0 bridgehead atoms. The van der Waals surface area contributed by atoms with E-state index in [1.165, 1.54) is 4.88 Å². The molecule has 2 aromatic rings. The van der Waals surface area contributed by atoms with Gasteiger partial charge in [0.2, 0.25) is 11.8 Å². The summed E-state index contributed by atoms with van der Waals surface area (Å²) in [6.07, 6.45) is 0.572. The number of aryl methyl sites for hydroxylation is 1. The van der Waals surface area contributed by atoms with E-state index in [1.54, 1.807) is 16.2 Å². The molecule has 1 aromatic carbocycles. The standard InChI is InChI=1S/C17H18N2O2S/c1-12-7-8-14(22-12)11-18-16(20)15-9-10-19(17(15)21)13-5-3-2-4-6-13/h2-8,15H,9-11H2,1H3,(H,18,20). The first-order valence-electron chi connectivity index (χ1n) is 7.34. The van der Waals surface area contributed by atoms with Crippen molar-refractivity contribution in [3.05, 3.63) is 52.2 Å². The fraction of sp³-hybridized carbons (Fsp3) is 0.294. The molecule has 1 unspecified atom stereocenters. The molecular weight excluding hydrogens is 296 g/mol. The van der Waals surface area contributed by atoms with Crippen LogP contribution < -0.4 is 10.2 Å². The van der Waals surface area contributed by atoms with Gasteiger partial charge in [0.15, 0.2) is 0 Å². The summed E-state index contributed by atoms with van der Waals surface area (Å²) in [6, 6.07) is 13.5. The maximum atomic E-state index is 12.4. The largest absolute Gasteiger partial charge is 0.351 e. The smallest absolute Gasteiger partial charge is 0.239 e. The van der Waals surface area contributed by atoms with Gasteiger partial charge in [0.05, 0.1) is 6.54 Å². The molecule has 0 spiro atoms. The quantitative estimate of drug-likeness (QED) is 0.882. The van der Waals surface area contributed by atoms with Gasteiger partial charge in [-0.05, 0) is 37.6 Å². The van der Waals surface area contributed by atoms with Crippen molar-refractivity contribution in [1.29, 1.82) is 0 Å². The number of benzene rings is 1. The van der Waals surface area contributed by atoms with E-state index < -0.39 is 5.92 Å². The third kappa shape index (κ3) is 3.04. The van der Waals surface area contributed by atoms with E-state index in [0.29, 0.717) is 19.5 Å².